The van der Waals surface area contributed by atoms with Crippen LogP contribution in [0, 0.1) is 0 Å². The number of anilines is 1. The number of aliphatic hydroxyl groups is 1. The summed E-state index contributed by atoms with van der Waals surface area (Å²) in [6.07, 6.45) is 0. The van der Waals surface area contributed by atoms with E-state index in [0.29, 0.717) is 0 Å². The Morgan fingerprint density at radius 3 is 2.64 bits per heavy atom. The van der Waals surface area contributed by atoms with Gasteiger partial charge in [-0.15, -0.1) is 5.10 Å². The second-order valence-electron chi connectivity index (χ2n) is 1.83. The monoisotopic (exact) mass is 157 g/mol. The lowest BCUT2D eigenvalue weighted by atomic mass is 10.4. The van der Waals surface area contributed by atoms with E-state index in [-0.39, 0.29) is 11.5 Å². The Morgan fingerprint density at radius 2 is 2.36 bits per heavy atom. The number of amides is 1. The van der Waals surface area contributed by atoms with Crippen molar-refractivity contribution in [2.75, 3.05) is 5.73 Å². The van der Waals surface area contributed by atoms with Crippen molar-refractivity contribution in [1.82, 2.24) is 15.0 Å². The maximum atomic E-state index is 10.5. The highest BCUT2D eigenvalue weighted by Crippen LogP contribution is 2.04. The van der Waals surface area contributed by atoms with E-state index >= 15 is 0 Å². The first-order valence-corrected chi connectivity index (χ1v) is 2.76. The molecule has 1 heterocycles. The Balaban J connectivity index is 3.10. The number of nitrogens with zero attached hydrogens (tertiary/aromatic N) is 3. The molecule has 0 aromatic carbocycles. The van der Waals surface area contributed by atoms with E-state index in [1.165, 1.54) is 0 Å². The molecule has 0 spiro atoms. The minimum absolute atomic E-state index is 0.0278. The maximum Gasteiger partial charge on any atom is 0.273 e. The summed E-state index contributed by atoms with van der Waals surface area (Å²) >= 11 is 0. The molecule has 0 aliphatic heterocycles. The largest absolute Gasteiger partial charge is 0.382 e. The van der Waals surface area contributed by atoms with Gasteiger partial charge in [-0.05, 0) is 0 Å². The Morgan fingerprint density at radius 1 is 1.73 bits per heavy atom. The minimum Gasteiger partial charge on any atom is -0.382 e. The molecule has 0 aliphatic carbocycles. The zero-order valence-corrected chi connectivity index (χ0v) is 5.56. The highest BCUT2D eigenvalue weighted by atomic mass is 16.3. The van der Waals surface area contributed by atoms with Gasteiger partial charge in [0.2, 0.25) is 0 Å². The smallest absolute Gasteiger partial charge is 0.273 e. The van der Waals surface area contributed by atoms with Crippen molar-refractivity contribution in [2.24, 2.45) is 5.73 Å². The van der Waals surface area contributed by atoms with Gasteiger partial charge in [-0.1, -0.05) is 5.21 Å². The number of nitrogen functional groups attached to an aromatic ring is 1. The normalized spacial score (nSPS) is 9.91. The van der Waals surface area contributed by atoms with E-state index in [4.69, 9.17) is 16.6 Å². The van der Waals surface area contributed by atoms with Gasteiger partial charge in [0.05, 0.1) is 0 Å². The van der Waals surface area contributed by atoms with Gasteiger partial charge in [0, 0.05) is 0 Å². The molecule has 7 heteroatoms. The number of carbonyl (C=O) groups excluding carboxylic acids is 1. The Hall–Kier alpha value is -1.63. The third-order valence-electron chi connectivity index (χ3n) is 1.14. The molecule has 0 unspecified atom stereocenters. The first-order valence-electron chi connectivity index (χ1n) is 2.76. The molecule has 0 saturated carbocycles. The highest BCUT2D eigenvalue weighted by Gasteiger charge is 2.12. The molecule has 1 aromatic heterocycles. The SMILES string of the molecule is NC(=O)c1nnn(CO)c1N. The van der Waals surface area contributed by atoms with Crippen molar-refractivity contribution in [3.63, 3.8) is 0 Å². The fourth-order valence-electron chi connectivity index (χ4n) is 0.600. The van der Waals surface area contributed by atoms with Crippen molar-refractivity contribution in [3.05, 3.63) is 5.69 Å². The molecule has 7 nitrogen and oxygen atoms in total. The summed E-state index contributed by atoms with van der Waals surface area (Å²) < 4.78 is 0.958. The second kappa shape index (κ2) is 2.54. The van der Waals surface area contributed by atoms with Crippen LogP contribution in [0.3, 0.4) is 0 Å². The van der Waals surface area contributed by atoms with Gasteiger partial charge >= 0.3 is 0 Å². The minimum atomic E-state index is -0.762. The number of carbonyl (C=O) groups is 1. The third kappa shape index (κ3) is 1.13. The van der Waals surface area contributed by atoms with Crippen LogP contribution in [0.1, 0.15) is 10.5 Å². The van der Waals surface area contributed by atoms with E-state index in [1.54, 1.807) is 0 Å². The number of nitrogens with two attached hydrogens (primary N) is 2. The molecule has 0 atom stereocenters. The Kier molecular flexibility index (Phi) is 1.73. The van der Waals surface area contributed by atoms with Crippen LogP contribution in [0.4, 0.5) is 5.82 Å². The topological polar surface area (TPSA) is 120 Å². The number of hydrogen-bond donors (Lipinski definition) is 3. The predicted molar refractivity (Wildman–Crippen MR) is 35.2 cm³/mol. The van der Waals surface area contributed by atoms with E-state index in [0.717, 1.165) is 4.68 Å². The van der Waals surface area contributed by atoms with Gasteiger partial charge in [0.1, 0.15) is 6.73 Å². The summed E-state index contributed by atoms with van der Waals surface area (Å²) in [6, 6.07) is 0. The van der Waals surface area contributed by atoms with Gasteiger partial charge in [0.15, 0.2) is 11.5 Å². The second-order valence-corrected chi connectivity index (χ2v) is 1.83. The number of hydrogen-bond acceptors (Lipinski definition) is 5. The lowest BCUT2D eigenvalue weighted by Crippen LogP contribution is -2.14. The van der Waals surface area contributed by atoms with Crippen molar-refractivity contribution in [2.45, 2.75) is 6.73 Å². The van der Waals surface area contributed by atoms with Gasteiger partial charge in [-0.2, -0.15) is 0 Å². The summed E-state index contributed by atoms with van der Waals surface area (Å²) in [4.78, 5) is 10.5. The van der Waals surface area contributed by atoms with Crippen LogP contribution in [0.2, 0.25) is 0 Å². The molecule has 0 fully saturated rings. The number of aliphatic hydroxyl groups excluding tert-OH is 1. The summed E-state index contributed by atoms with van der Waals surface area (Å²) in [5, 5.41) is 15.2. The van der Waals surface area contributed by atoms with Crippen LogP contribution in [-0.4, -0.2) is 26.0 Å². The number of rotatable bonds is 2. The van der Waals surface area contributed by atoms with E-state index in [9.17, 15) is 4.79 Å². The summed E-state index contributed by atoms with van der Waals surface area (Å²) in [5.41, 5.74) is 10.0. The molecular formula is C4H7N5O2. The highest BCUT2D eigenvalue weighted by molar-refractivity contribution is 5.94. The first kappa shape index (κ1) is 7.48. The molecule has 5 N–H and O–H groups in total. The summed E-state index contributed by atoms with van der Waals surface area (Å²) in [6.45, 7) is -0.424. The molecule has 0 bridgehead atoms. The molecule has 1 aromatic rings. The molecule has 1 rings (SSSR count). The molecule has 0 aliphatic rings. The van der Waals surface area contributed by atoms with E-state index < -0.39 is 12.6 Å². The lowest BCUT2D eigenvalue weighted by molar-refractivity contribution is 0.0996. The van der Waals surface area contributed by atoms with Crippen LogP contribution in [0.15, 0.2) is 0 Å². The van der Waals surface area contributed by atoms with Crippen molar-refractivity contribution in [1.29, 1.82) is 0 Å². The average molecular weight is 157 g/mol. The van der Waals surface area contributed by atoms with E-state index in [2.05, 4.69) is 10.3 Å². The molecule has 11 heavy (non-hydrogen) atoms. The lowest BCUT2D eigenvalue weighted by Gasteiger charge is -1.94. The fourth-order valence-corrected chi connectivity index (χ4v) is 0.600. The van der Waals surface area contributed by atoms with Crippen molar-refractivity contribution >= 4 is 11.7 Å². The molecular weight excluding hydrogens is 150 g/mol. The maximum absolute atomic E-state index is 10.5. The van der Waals surface area contributed by atoms with Gasteiger partial charge in [-0.3, -0.25) is 4.79 Å². The standard InChI is InChI=1S/C4H7N5O2/c5-3-2(4(6)11)7-8-9(3)1-10/h10H,1,5H2,(H2,6,11). The molecule has 1 amide bonds. The number of aromatic nitrogens is 3. The Bertz CT molecular complexity index is 280. The van der Waals surface area contributed by atoms with Gasteiger partial charge in [0.25, 0.3) is 5.91 Å². The average Bonchev–Trinajstić information content (AvgIpc) is 2.30. The zero-order valence-electron chi connectivity index (χ0n) is 5.56. The third-order valence-corrected chi connectivity index (χ3v) is 1.14. The van der Waals surface area contributed by atoms with Crippen LogP contribution in [0.25, 0.3) is 0 Å². The van der Waals surface area contributed by atoms with Crippen LogP contribution in [0.5, 0.6) is 0 Å². The quantitative estimate of drug-likeness (QED) is 0.454. The predicted octanol–water partition coefficient (Wildman–Crippen LogP) is -2.09. The molecule has 0 radical (unpaired) electrons. The summed E-state index contributed by atoms with van der Waals surface area (Å²) in [7, 11) is 0. The van der Waals surface area contributed by atoms with E-state index in [1.807, 2.05) is 0 Å². The Labute approximate surface area is 61.6 Å². The first-order chi connectivity index (χ1) is 5.16. The molecule has 60 valence electrons. The van der Waals surface area contributed by atoms with Gasteiger partial charge in [-0.25, -0.2) is 4.68 Å². The van der Waals surface area contributed by atoms with Crippen LogP contribution >= 0.6 is 0 Å². The van der Waals surface area contributed by atoms with Crippen molar-refractivity contribution < 1.29 is 9.90 Å². The van der Waals surface area contributed by atoms with Crippen molar-refractivity contribution in [3.8, 4) is 0 Å². The summed E-state index contributed by atoms with van der Waals surface area (Å²) in [5.74, 6) is -0.790. The molecule has 0 saturated heterocycles. The van der Waals surface area contributed by atoms with Gasteiger partial charge < -0.3 is 16.6 Å². The zero-order chi connectivity index (χ0) is 8.43. The fraction of sp³-hybridized carbons (Fsp3) is 0.250. The van der Waals surface area contributed by atoms with Crippen LogP contribution in [-0.2, 0) is 6.73 Å². The number of primary amides is 1. The van der Waals surface area contributed by atoms with Crippen LogP contribution < -0.4 is 11.5 Å².